The van der Waals surface area contributed by atoms with Gasteiger partial charge in [-0.25, -0.2) is 4.39 Å². The Hall–Kier alpha value is -2.72. The van der Waals surface area contributed by atoms with Gasteiger partial charge in [0.2, 0.25) is 5.91 Å². The van der Waals surface area contributed by atoms with E-state index in [1.807, 2.05) is 4.90 Å². The fraction of sp³-hybridized carbons (Fsp3) is 0.462. The van der Waals surface area contributed by atoms with Crippen LogP contribution in [0.25, 0.3) is 0 Å². The standard InChI is InChI=1S/C26H27Cl2F4N3O3/c1-25(2,38-22-8-3-14(27)9-19(22)28)24(37)34-16-10-17-5-6-18(11-16)35(17)21-7-4-15(12-20(21)29)33-23(36)13-26(30,31)32/h3-4,7-9,12,16-18H,5-6,10-11,13H2,1-2H3,(H,33,36)(H,34,37)/t16-,17+,18-. The number of piperidine rings is 1. The van der Waals surface area contributed by atoms with Crippen LogP contribution in [-0.2, 0) is 9.59 Å². The van der Waals surface area contributed by atoms with E-state index in [2.05, 4.69) is 10.6 Å². The van der Waals surface area contributed by atoms with Crippen molar-refractivity contribution in [2.45, 2.75) is 75.9 Å². The average Bonchev–Trinajstić information content (AvgIpc) is 3.04. The molecule has 2 N–H and O–H groups in total. The SMILES string of the molecule is CC(C)(Oc1ccc(Cl)cc1Cl)C(=O)N[C@H]1C[C@H]2CC[C@@H](C1)N2c1ccc(NC(=O)CC(F)(F)F)cc1F. The number of amides is 2. The Labute approximate surface area is 227 Å². The number of benzene rings is 2. The summed E-state index contributed by atoms with van der Waals surface area (Å²) >= 11 is 12.1. The summed E-state index contributed by atoms with van der Waals surface area (Å²) in [6.07, 6.45) is -3.51. The van der Waals surface area contributed by atoms with Crippen LogP contribution in [0, 0.1) is 5.82 Å². The van der Waals surface area contributed by atoms with Gasteiger partial charge in [-0.2, -0.15) is 13.2 Å². The number of hydrogen-bond acceptors (Lipinski definition) is 4. The van der Waals surface area contributed by atoms with Gasteiger partial charge in [0.15, 0.2) is 5.60 Å². The molecular weight excluding hydrogens is 549 g/mol. The van der Waals surface area contributed by atoms with Crippen LogP contribution in [0.5, 0.6) is 5.75 Å². The molecule has 6 nitrogen and oxygen atoms in total. The number of halogens is 6. The molecule has 3 atom stereocenters. The van der Waals surface area contributed by atoms with Gasteiger partial charge in [-0.15, -0.1) is 0 Å². The van der Waals surface area contributed by atoms with Crippen LogP contribution >= 0.6 is 23.2 Å². The molecular formula is C26H27Cl2F4N3O3. The maximum atomic E-state index is 15.0. The van der Waals surface area contributed by atoms with E-state index in [1.54, 1.807) is 26.0 Å². The quantitative estimate of drug-likeness (QED) is 0.370. The highest BCUT2D eigenvalue weighted by Crippen LogP contribution is 2.41. The third-order valence-electron chi connectivity index (χ3n) is 6.74. The minimum Gasteiger partial charge on any atom is -0.476 e. The van der Waals surface area contributed by atoms with Crippen molar-refractivity contribution in [2.24, 2.45) is 0 Å². The zero-order valence-electron chi connectivity index (χ0n) is 20.7. The molecule has 2 heterocycles. The van der Waals surface area contributed by atoms with E-state index in [0.717, 1.165) is 18.9 Å². The summed E-state index contributed by atoms with van der Waals surface area (Å²) in [5, 5.41) is 5.87. The summed E-state index contributed by atoms with van der Waals surface area (Å²) < 4.78 is 58.1. The number of nitrogens with zero attached hydrogens (tertiary/aromatic N) is 1. The number of carbonyl (C=O) groups excluding carboxylic acids is 2. The molecule has 4 rings (SSSR count). The second kappa shape index (κ2) is 10.8. The first-order valence-corrected chi connectivity index (χ1v) is 12.9. The molecule has 0 aliphatic carbocycles. The number of nitrogens with one attached hydrogen (secondary N) is 2. The van der Waals surface area contributed by atoms with Crippen molar-refractivity contribution < 1.29 is 31.9 Å². The zero-order chi connectivity index (χ0) is 27.8. The van der Waals surface area contributed by atoms with E-state index in [0.29, 0.717) is 29.3 Å². The molecule has 2 amide bonds. The Balaban J connectivity index is 1.38. The highest BCUT2D eigenvalue weighted by atomic mass is 35.5. The Bertz CT molecular complexity index is 1210. The van der Waals surface area contributed by atoms with Gasteiger partial charge >= 0.3 is 6.18 Å². The fourth-order valence-electron chi connectivity index (χ4n) is 5.11. The van der Waals surface area contributed by atoms with Gasteiger partial charge in [0.05, 0.1) is 10.7 Å². The van der Waals surface area contributed by atoms with Crippen LogP contribution in [0.15, 0.2) is 36.4 Å². The van der Waals surface area contributed by atoms with Gasteiger partial charge in [-0.05, 0) is 75.9 Å². The summed E-state index contributed by atoms with van der Waals surface area (Å²) in [5.74, 6) is -1.87. The number of rotatable bonds is 7. The molecule has 206 valence electrons. The summed E-state index contributed by atoms with van der Waals surface area (Å²) in [6, 6.07) is 8.41. The lowest BCUT2D eigenvalue weighted by Crippen LogP contribution is -2.55. The van der Waals surface area contributed by atoms with Crippen molar-refractivity contribution in [3.05, 3.63) is 52.3 Å². The topological polar surface area (TPSA) is 70.7 Å². The molecule has 12 heteroatoms. The third-order valence-corrected chi connectivity index (χ3v) is 7.28. The van der Waals surface area contributed by atoms with Gasteiger partial charge in [0.25, 0.3) is 5.91 Å². The van der Waals surface area contributed by atoms with Crippen LogP contribution in [0.1, 0.15) is 46.0 Å². The largest absolute Gasteiger partial charge is 0.476 e. The van der Waals surface area contributed by atoms with E-state index < -0.39 is 29.9 Å². The first kappa shape index (κ1) is 28.3. The van der Waals surface area contributed by atoms with Gasteiger partial charge in [-0.3, -0.25) is 9.59 Å². The molecule has 2 aromatic rings. The van der Waals surface area contributed by atoms with Gasteiger partial charge in [0, 0.05) is 28.8 Å². The molecule has 0 radical (unpaired) electrons. The fourth-order valence-corrected chi connectivity index (χ4v) is 5.56. The van der Waals surface area contributed by atoms with Gasteiger partial charge in [0.1, 0.15) is 18.0 Å². The molecule has 0 spiro atoms. The molecule has 2 fully saturated rings. The van der Waals surface area contributed by atoms with Crippen molar-refractivity contribution in [3.8, 4) is 5.75 Å². The Morgan fingerprint density at radius 2 is 1.71 bits per heavy atom. The molecule has 2 bridgehead atoms. The van der Waals surface area contributed by atoms with E-state index in [-0.39, 0.29) is 34.7 Å². The number of carbonyl (C=O) groups is 2. The third kappa shape index (κ3) is 6.64. The first-order valence-electron chi connectivity index (χ1n) is 12.1. The van der Waals surface area contributed by atoms with E-state index in [9.17, 15) is 22.8 Å². The molecule has 2 aliphatic rings. The summed E-state index contributed by atoms with van der Waals surface area (Å²) in [4.78, 5) is 26.6. The van der Waals surface area contributed by atoms with E-state index >= 15 is 4.39 Å². The van der Waals surface area contributed by atoms with Crippen molar-refractivity contribution in [3.63, 3.8) is 0 Å². The lowest BCUT2D eigenvalue weighted by molar-refractivity contribution is -0.150. The molecule has 0 aromatic heterocycles. The van der Waals surface area contributed by atoms with Crippen molar-refractivity contribution in [1.29, 1.82) is 0 Å². The number of hydrogen-bond donors (Lipinski definition) is 2. The van der Waals surface area contributed by atoms with Gasteiger partial charge in [-0.1, -0.05) is 23.2 Å². The van der Waals surface area contributed by atoms with Crippen LogP contribution < -0.4 is 20.3 Å². The summed E-state index contributed by atoms with van der Waals surface area (Å²) in [5.41, 5.74) is -0.943. The first-order chi connectivity index (χ1) is 17.7. The lowest BCUT2D eigenvalue weighted by Gasteiger charge is -2.41. The second-order valence-corrected chi connectivity index (χ2v) is 11.0. The average molecular weight is 576 g/mol. The highest BCUT2D eigenvalue weighted by Gasteiger charge is 2.43. The minimum atomic E-state index is -4.65. The second-order valence-electron chi connectivity index (χ2n) is 10.1. The summed E-state index contributed by atoms with van der Waals surface area (Å²) in [7, 11) is 0. The van der Waals surface area contributed by atoms with Crippen LogP contribution in [0.3, 0.4) is 0 Å². The highest BCUT2D eigenvalue weighted by molar-refractivity contribution is 6.35. The van der Waals surface area contributed by atoms with Crippen LogP contribution in [-0.4, -0.2) is 41.7 Å². The zero-order valence-corrected chi connectivity index (χ0v) is 22.2. The van der Waals surface area contributed by atoms with Crippen molar-refractivity contribution in [1.82, 2.24) is 5.32 Å². The number of ether oxygens (including phenoxy) is 1. The molecule has 2 aromatic carbocycles. The smallest absolute Gasteiger partial charge is 0.397 e. The Morgan fingerprint density at radius 3 is 2.29 bits per heavy atom. The maximum absolute atomic E-state index is 15.0. The van der Waals surface area contributed by atoms with Gasteiger partial charge < -0.3 is 20.3 Å². The van der Waals surface area contributed by atoms with E-state index in [1.165, 1.54) is 18.2 Å². The maximum Gasteiger partial charge on any atom is 0.397 e. The Morgan fingerprint density at radius 1 is 1.05 bits per heavy atom. The number of fused-ring (bicyclic) bond motifs is 2. The molecule has 0 unspecified atom stereocenters. The molecule has 2 aliphatic heterocycles. The molecule has 2 saturated heterocycles. The van der Waals surface area contributed by atoms with Crippen LogP contribution in [0.2, 0.25) is 10.0 Å². The van der Waals surface area contributed by atoms with Crippen LogP contribution in [0.4, 0.5) is 28.9 Å². The number of alkyl halides is 3. The van der Waals surface area contributed by atoms with Crippen molar-refractivity contribution in [2.75, 3.05) is 10.2 Å². The predicted molar refractivity (Wildman–Crippen MR) is 137 cm³/mol. The summed E-state index contributed by atoms with van der Waals surface area (Å²) in [6.45, 7) is 3.28. The monoisotopic (exact) mass is 575 g/mol. The van der Waals surface area contributed by atoms with E-state index in [4.69, 9.17) is 27.9 Å². The molecule has 0 saturated carbocycles. The predicted octanol–water partition coefficient (Wildman–Crippen LogP) is 6.50. The lowest BCUT2D eigenvalue weighted by atomic mass is 9.95. The minimum absolute atomic E-state index is 0.0334. The molecule has 38 heavy (non-hydrogen) atoms. The number of anilines is 2. The normalized spacial score (nSPS) is 21.3. The Kier molecular flexibility index (Phi) is 8.04. The van der Waals surface area contributed by atoms with Crippen molar-refractivity contribution >= 4 is 46.4 Å².